The van der Waals surface area contributed by atoms with Gasteiger partial charge >= 0.3 is 0 Å². The third-order valence-electron chi connectivity index (χ3n) is 2.44. The van der Waals surface area contributed by atoms with Crippen molar-refractivity contribution < 1.29 is 5.11 Å². The first kappa shape index (κ1) is 9.86. The quantitative estimate of drug-likeness (QED) is 0.794. The standard InChI is InChI=1S/C11H13N3O/c1-11(15,9-4-3-6-12-8-9)10-5-7-14(2)13-10/h3-8,15H,1-2H3. The average Bonchev–Trinajstić information content (AvgIpc) is 2.67. The maximum absolute atomic E-state index is 10.4. The Kier molecular flexibility index (Phi) is 2.28. The van der Waals surface area contributed by atoms with Crippen LogP contribution in [0, 0.1) is 0 Å². The Balaban J connectivity index is 2.43. The number of aliphatic hydroxyl groups is 1. The number of aryl methyl sites for hydroxylation is 1. The maximum Gasteiger partial charge on any atom is 0.132 e. The first-order valence-corrected chi connectivity index (χ1v) is 4.74. The van der Waals surface area contributed by atoms with Gasteiger partial charge in [0.1, 0.15) is 5.60 Å². The van der Waals surface area contributed by atoms with Crippen LogP contribution in [0.5, 0.6) is 0 Å². The Labute approximate surface area is 88.2 Å². The van der Waals surface area contributed by atoms with E-state index in [-0.39, 0.29) is 0 Å². The maximum atomic E-state index is 10.4. The van der Waals surface area contributed by atoms with Crippen molar-refractivity contribution >= 4 is 0 Å². The molecule has 0 aliphatic heterocycles. The third kappa shape index (κ3) is 1.76. The number of hydrogen-bond donors (Lipinski definition) is 1. The fourth-order valence-corrected chi connectivity index (χ4v) is 1.47. The zero-order valence-corrected chi connectivity index (χ0v) is 8.75. The van der Waals surface area contributed by atoms with Crippen molar-refractivity contribution in [3.05, 3.63) is 48.0 Å². The van der Waals surface area contributed by atoms with Crippen molar-refractivity contribution in [1.29, 1.82) is 0 Å². The SMILES string of the molecule is Cn1ccc(C(C)(O)c2cccnc2)n1. The highest BCUT2D eigenvalue weighted by molar-refractivity contribution is 5.27. The van der Waals surface area contributed by atoms with E-state index in [0.717, 1.165) is 5.56 Å². The lowest BCUT2D eigenvalue weighted by Gasteiger charge is -2.20. The summed E-state index contributed by atoms with van der Waals surface area (Å²) < 4.78 is 1.67. The molecule has 4 heteroatoms. The van der Waals surface area contributed by atoms with E-state index < -0.39 is 5.60 Å². The minimum absolute atomic E-state index is 0.623. The third-order valence-corrected chi connectivity index (χ3v) is 2.44. The molecule has 0 bridgehead atoms. The van der Waals surface area contributed by atoms with E-state index in [1.165, 1.54) is 0 Å². The molecule has 0 aliphatic rings. The number of nitrogens with zero attached hydrogens (tertiary/aromatic N) is 3. The summed E-state index contributed by atoms with van der Waals surface area (Å²) in [6.45, 7) is 1.71. The average molecular weight is 203 g/mol. The fourth-order valence-electron chi connectivity index (χ4n) is 1.47. The van der Waals surface area contributed by atoms with Gasteiger partial charge in [0.05, 0.1) is 5.69 Å². The second-order valence-electron chi connectivity index (χ2n) is 3.69. The van der Waals surface area contributed by atoms with Gasteiger partial charge in [-0.05, 0) is 19.1 Å². The Morgan fingerprint density at radius 1 is 1.40 bits per heavy atom. The summed E-state index contributed by atoms with van der Waals surface area (Å²) in [5.41, 5.74) is 0.275. The molecule has 1 atom stereocenters. The number of aromatic nitrogens is 3. The Bertz CT molecular complexity index is 448. The number of pyridine rings is 1. The molecule has 0 spiro atoms. The summed E-state index contributed by atoms with van der Waals surface area (Å²) in [5.74, 6) is 0. The fraction of sp³-hybridized carbons (Fsp3) is 0.273. The predicted octanol–water partition coefficient (Wildman–Crippen LogP) is 1.07. The molecule has 1 unspecified atom stereocenters. The molecule has 0 aromatic carbocycles. The molecule has 2 aromatic heterocycles. The minimum Gasteiger partial charge on any atom is -0.379 e. The molecule has 1 N–H and O–H groups in total. The first-order chi connectivity index (χ1) is 7.10. The number of hydrogen-bond acceptors (Lipinski definition) is 3. The summed E-state index contributed by atoms with van der Waals surface area (Å²) in [7, 11) is 1.82. The molecule has 15 heavy (non-hydrogen) atoms. The summed E-state index contributed by atoms with van der Waals surface area (Å²) in [4.78, 5) is 3.99. The molecule has 4 nitrogen and oxygen atoms in total. The van der Waals surface area contributed by atoms with E-state index in [1.54, 1.807) is 42.3 Å². The van der Waals surface area contributed by atoms with Gasteiger partial charge in [0.2, 0.25) is 0 Å². The van der Waals surface area contributed by atoms with Gasteiger partial charge in [-0.2, -0.15) is 5.10 Å². The van der Waals surface area contributed by atoms with E-state index in [1.807, 2.05) is 13.1 Å². The first-order valence-electron chi connectivity index (χ1n) is 4.74. The van der Waals surface area contributed by atoms with Crippen molar-refractivity contribution in [2.24, 2.45) is 7.05 Å². The molecule has 0 fully saturated rings. The Hall–Kier alpha value is -1.68. The second kappa shape index (κ2) is 3.47. The highest BCUT2D eigenvalue weighted by Crippen LogP contribution is 2.26. The van der Waals surface area contributed by atoms with Gasteiger partial charge in [-0.25, -0.2) is 0 Å². The smallest absolute Gasteiger partial charge is 0.132 e. The highest BCUT2D eigenvalue weighted by Gasteiger charge is 2.28. The van der Waals surface area contributed by atoms with Crippen molar-refractivity contribution in [2.45, 2.75) is 12.5 Å². The predicted molar refractivity (Wildman–Crippen MR) is 56.1 cm³/mol. The van der Waals surface area contributed by atoms with E-state index in [2.05, 4.69) is 10.1 Å². The van der Waals surface area contributed by atoms with Crippen molar-refractivity contribution in [1.82, 2.24) is 14.8 Å². The zero-order chi connectivity index (χ0) is 10.9. The van der Waals surface area contributed by atoms with E-state index in [0.29, 0.717) is 5.69 Å². The van der Waals surface area contributed by atoms with Gasteiger partial charge in [0, 0.05) is 31.2 Å². The highest BCUT2D eigenvalue weighted by atomic mass is 16.3. The summed E-state index contributed by atoms with van der Waals surface area (Å²) in [6.07, 6.45) is 5.13. The monoisotopic (exact) mass is 203 g/mol. The summed E-state index contributed by atoms with van der Waals surface area (Å²) in [5, 5.41) is 14.6. The molecule has 0 saturated carbocycles. The minimum atomic E-state index is -1.09. The lowest BCUT2D eigenvalue weighted by atomic mass is 9.94. The zero-order valence-electron chi connectivity index (χ0n) is 8.75. The Morgan fingerprint density at radius 3 is 2.73 bits per heavy atom. The van der Waals surface area contributed by atoms with Crippen LogP contribution < -0.4 is 0 Å². The molecule has 0 saturated heterocycles. The van der Waals surface area contributed by atoms with Crippen LogP contribution in [0.2, 0.25) is 0 Å². The largest absolute Gasteiger partial charge is 0.379 e. The normalized spacial score (nSPS) is 14.9. The van der Waals surface area contributed by atoms with Gasteiger partial charge < -0.3 is 5.11 Å². The topological polar surface area (TPSA) is 50.9 Å². The Morgan fingerprint density at radius 2 is 2.20 bits per heavy atom. The van der Waals surface area contributed by atoms with E-state index in [9.17, 15) is 5.11 Å². The van der Waals surface area contributed by atoms with Gasteiger partial charge in [-0.3, -0.25) is 9.67 Å². The van der Waals surface area contributed by atoms with Gasteiger partial charge in [-0.1, -0.05) is 6.07 Å². The van der Waals surface area contributed by atoms with Crippen LogP contribution >= 0.6 is 0 Å². The molecule has 2 heterocycles. The van der Waals surface area contributed by atoms with Crippen LogP contribution in [0.1, 0.15) is 18.2 Å². The van der Waals surface area contributed by atoms with Crippen LogP contribution in [0.4, 0.5) is 0 Å². The van der Waals surface area contributed by atoms with Crippen LogP contribution in [0.25, 0.3) is 0 Å². The lowest BCUT2D eigenvalue weighted by molar-refractivity contribution is 0.0963. The molecular weight excluding hydrogens is 190 g/mol. The van der Waals surface area contributed by atoms with Gasteiger partial charge in [-0.15, -0.1) is 0 Å². The molecule has 78 valence electrons. The van der Waals surface area contributed by atoms with Gasteiger partial charge in [0.25, 0.3) is 0 Å². The van der Waals surface area contributed by atoms with Gasteiger partial charge in [0.15, 0.2) is 0 Å². The second-order valence-corrected chi connectivity index (χ2v) is 3.69. The molecule has 0 radical (unpaired) electrons. The summed E-state index contributed by atoms with van der Waals surface area (Å²) >= 11 is 0. The van der Waals surface area contributed by atoms with Crippen molar-refractivity contribution in [2.75, 3.05) is 0 Å². The molecule has 2 rings (SSSR count). The van der Waals surface area contributed by atoms with Crippen LogP contribution in [-0.2, 0) is 12.6 Å². The lowest BCUT2D eigenvalue weighted by Crippen LogP contribution is -2.23. The molecule has 0 amide bonds. The van der Waals surface area contributed by atoms with Crippen LogP contribution in [0.15, 0.2) is 36.8 Å². The molecule has 0 aliphatic carbocycles. The molecule has 2 aromatic rings. The molecular formula is C11H13N3O. The van der Waals surface area contributed by atoms with Crippen molar-refractivity contribution in [3.8, 4) is 0 Å². The summed E-state index contributed by atoms with van der Waals surface area (Å²) in [6, 6.07) is 5.43. The van der Waals surface area contributed by atoms with E-state index in [4.69, 9.17) is 0 Å². The number of rotatable bonds is 2. The van der Waals surface area contributed by atoms with Crippen molar-refractivity contribution in [3.63, 3.8) is 0 Å². The van der Waals surface area contributed by atoms with Crippen LogP contribution in [0.3, 0.4) is 0 Å². The van der Waals surface area contributed by atoms with Crippen LogP contribution in [-0.4, -0.2) is 19.9 Å². The van der Waals surface area contributed by atoms with E-state index >= 15 is 0 Å².